The summed E-state index contributed by atoms with van der Waals surface area (Å²) < 4.78 is 0. The number of hydrogen-bond acceptors (Lipinski definition) is 8. The summed E-state index contributed by atoms with van der Waals surface area (Å²) in [5, 5.41) is 18.2. The molecular formula is C32H49N9O5. The Balaban J connectivity index is 2.30. The third-order valence-electron chi connectivity index (χ3n) is 7.54. The zero-order valence-corrected chi connectivity index (χ0v) is 26.6. The molecule has 0 aliphatic heterocycles. The molecule has 0 unspecified atom stereocenters. The zero-order chi connectivity index (χ0) is 34.2. The standard InChI is InChI=1S/C32H49N9O5/c1-19-15-22(42)16-20(2)23(19)18-27(41-29(44)24(34)17-21-9-4-3-5-10-21)31(46)40-26(11-6-7-13-33)30(45)39-25(28(35)43)12-8-14-38-32(36)37/h3-5,9-10,15-16,24-27,42H,6-8,11-14,17-18,33-34H2,1-2H3,(H2,35,43)(H,39,45)(H,40,46)(H,41,44)(H4,36,37,38)/t24-,25-,26-,27-/m0/s1. The highest BCUT2D eigenvalue weighted by Gasteiger charge is 2.30. The van der Waals surface area contributed by atoms with Crippen LogP contribution in [0.25, 0.3) is 0 Å². The topological polar surface area (TPSA) is 267 Å². The van der Waals surface area contributed by atoms with Crippen molar-refractivity contribution in [3.05, 3.63) is 64.7 Å². The SMILES string of the molecule is Cc1cc(O)cc(C)c1C[C@H](NC(=O)[C@@H](N)Cc1ccccc1)C(=O)N[C@@H](CCCCN)C(=O)N[C@@H](CCCN=C(N)N)C(N)=O. The first-order chi connectivity index (χ1) is 21.8. The summed E-state index contributed by atoms with van der Waals surface area (Å²) in [7, 11) is 0. The van der Waals surface area contributed by atoms with E-state index in [1.54, 1.807) is 26.0 Å². The average Bonchev–Trinajstić information content (AvgIpc) is 2.99. The molecule has 14 nitrogen and oxygen atoms in total. The first-order valence-electron chi connectivity index (χ1n) is 15.4. The van der Waals surface area contributed by atoms with Gasteiger partial charge in [-0.3, -0.25) is 24.2 Å². The Morgan fingerprint density at radius 1 is 0.783 bits per heavy atom. The van der Waals surface area contributed by atoms with Crippen LogP contribution in [-0.4, -0.2) is 72.0 Å². The van der Waals surface area contributed by atoms with Gasteiger partial charge in [0.2, 0.25) is 23.6 Å². The monoisotopic (exact) mass is 639 g/mol. The number of unbranched alkanes of at least 4 members (excludes halogenated alkanes) is 1. The molecule has 46 heavy (non-hydrogen) atoms. The van der Waals surface area contributed by atoms with Gasteiger partial charge in [-0.15, -0.1) is 0 Å². The molecule has 0 saturated carbocycles. The van der Waals surface area contributed by atoms with Crippen molar-refractivity contribution in [3.8, 4) is 5.75 Å². The number of aryl methyl sites for hydroxylation is 2. The van der Waals surface area contributed by atoms with Crippen molar-refractivity contribution in [2.24, 2.45) is 33.7 Å². The van der Waals surface area contributed by atoms with E-state index in [-0.39, 0.29) is 43.9 Å². The first kappa shape index (κ1) is 37.5. The predicted molar refractivity (Wildman–Crippen MR) is 177 cm³/mol. The lowest BCUT2D eigenvalue weighted by Gasteiger charge is -2.26. The molecule has 0 aliphatic carbocycles. The van der Waals surface area contributed by atoms with E-state index in [0.29, 0.717) is 25.8 Å². The minimum Gasteiger partial charge on any atom is -0.508 e. The Morgan fingerprint density at radius 2 is 1.35 bits per heavy atom. The minimum atomic E-state index is -1.12. The number of guanidine groups is 1. The molecule has 4 atom stereocenters. The zero-order valence-electron chi connectivity index (χ0n) is 26.6. The number of benzene rings is 2. The molecule has 0 aromatic heterocycles. The normalized spacial score (nSPS) is 13.5. The van der Waals surface area contributed by atoms with Crippen LogP contribution in [0.4, 0.5) is 0 Å². The number of primary amides is 1. The van der Waals surface area contributed by atoms with Crippen molar-refractivity contribution in [2.75, 3.05) is 13.1 Å². The summed E-state index contributed by atoms with van der Waals surface area (Å²) in [4.78, 5) is 56.5. The third kappa shape index (κ3) is 12.7. The summed E-state index contributed by atoms with van der Waals surface area (Å²) in [5.74, 6) is -2.55. The van der Waals surface area contributed by atoms with Crippen molar-refractivity contribution >= 4 is 29.6 Å². The average molecular weight is 640 g/mol. The van der Waals surface area contributed by atoms with Gasteiger partial charge in [0.15, 0.2) is 5.96 Å². The van der Waals surface area contributed by atoms with Gasteiger partial charge in [0, 0.05) is 13.0 Å². The molecule has 0 heterocycles. The van der Waals surface area contributed by atoms with Gasteiger partial charge in [-0.2, -0.15) is 0 Å². The molecule has 14 N–H and O–H groups in total. The van der Waals surface area contributed by atoms with Gasteiger partial charge in [-0.1, -0.05) is 30.3 Å². The fourth-order valence-corrected chi connectivity index (χ4v) is 5.04. The summed E-state index contributed by atoms with van der Waals surface area (Å²) >= 11 is 0. The Hall–Kier alpha value is -4.69. The smallest absolute Gasteiger partial charge is 0.243 e. The fraction of sp³-hybridized carbons (Fsp3) is 0.469. The molecule has 0 saturated heterocycles. The van der Waals surface area contributed by atoms with Crippen LogP contribution < -0.4 is 44.6 Å². The number of rotatable bonds is 19. The van der Waals surface area contributed by atoms with Gasteiger partial charge < -0.3 is 49.7 Å². The molecule has 2 aromatic rings. The number of nitrogens with two attached hydrogens (primary N) is 5. The quantitative estimate of drug-likeness (QED) is 0.0530. The number of carbonyl (C=O) groups is 4. The van der Waals surface area contributed by atoms with Gasteiger partial charge in [-0.05, 0) is 93.3 Å². The largest absolute Gasteiger partial charge is 0.508 e. The minimum absolute atomic E-state index is 0.0689. The number of aromatic hydroxyl groups is 1. The van der Waals surface area contributed by atoms with E-state index < -0.39 is 47.8 Å². The first-order valence-corrected chi connectivity index (χ1v) is 15.4. The lowest BCUT2D eigenvalue weighted by atomic mass is 9.94. The lowest BCUT2D eigenvalue weighted by Crippen LogP contribution is -2.58. The summed E-state index contributed by atoms with van der Waals surface area (Å²) in [6, 6.07) is 8.24. The lowest BCUT2D eigenvalue weighted by molar-refractivity contribution is -0.133. The van der Waals surface area contributed by atoms with Crippen molar-refractivity contribution < 1.29 is 24.3 Å². The van der Waals surface area contributed by atoms with Crippen molar-refractivity contribution in [2.45, 2.75) is 83.0 Å². The van der Waals surface area contributed by atoms with Gasteiger partial charge >= 0.3 is 0 Å². The van der Waals surface area contributed by atoms with E-state index >= 15 is 0 Å². The van der Waals surface area contributed by atoms with Gasteiger partial charge in [0.25, 0.3) is 0 Å². The number of nitrogens with one attached hydrogen (secondary N) is 3. The summed E-state index contributed by atoms with van der Waals surface area (Å²) in [6.07, 6.45) is 2.20. The second-order valence-corrected chi connectivity index (χ2v) is 11.4. The van der Waals surface area contributed by atoms with Crippen LogP contribution >= 0.6 is 0 Å². The Morgan fingerprint density at radius 3 is 1.93 bits per heavy atom. The molecule has 0 spiro atoms. The highest BCUT2D eigenvalue weighted by molar-refractivity contribution is 5.94. The molecule has 0 bridgehead atoms. The van der Waals surface area contributed by atoms with Gasteiger partial charge in [-0.25, -0.2) is 0 Å². The number of carbonyl (C=O) groups excluding carboxylic acids is 4. The second kappa shape index (κ2) is 19.0. The molecular weight excluding hydrogens is 590 g/mol. The Labute approximate surface area is 269 Å². The molecule has 0 aliphatic rings. The van der Waals surface area contributed by atoms with Crippen LogP contribution in [0.2, 0.25) is 0 Å². The molecule has 2 rings (SSSR count). The van der Waals surface area contributed by atoms with E-state index in [1.807, 2.05) is 30.3 Å². The number of phenols is 1. The Kier molecular flexibility index (Phi) is 15.5. The number of phenolic OH excluding ortho intramolecular Hbond substituents is 1. The number of aliphatic imine (C=N–C) groups is 1. The maximum atomic E-state index is 13.8. The Bertz CT molecular complexity index is 1330. The fourth-order valence-electron chi connectivity index (χ4n) is 5.04. The maximum absolute atomic E-state index is 13.8. The van der Waals surface area contributed by atoms with Crippen molar-refractivity contribution in [1.82, 2.24) is 16.0 Å². The van der Waals surface area contributed by atoms with Crippen LogP contribution in [0.15, 0.2) is 47.5 Å². The number of hydrogen-bond donors (Lipinski definition) is 9. The summed E-state index contributed by atoms with van der Waals surface area (Å²) in [6.45, 7) is 4.21. The van der Waals surface area contributed by atoms with E-state index in [4.69, 9.17) is 28.7 Å². The molecule has 4 amide bonds. The molecule has 2 aromatic carbocycles. The van der Waals surface area contributed by atoms with Gasteiger partial charge in [0.1, 0.15) is 23.9 Å². The van der Waals surface area contributed by atoms with E-state index in [9.17, 15) is 24.3 Å². The van der Waals surface area contributed by atoms with Crippen LogP contribution in [0.1, 0.15) is 54.4 Å². The number of amides is 4. The van der Waals surface area contributed by atoms with Crippen LogP contribution in [0, 0.1) is 13.8 Å². The van der Waals surface area contributed by atoms with E-state index in [0.717, 1.165) is 22.3 Å². The predicted octanol–water partition coefficient (Wildman–Crippen LogP) is -0.756. The van der Waals surface area contributed by atoms with Crippen LogP contribution in [0.5, 0.6) is 5.75 Å². The van der Waals surface area contributed by atoms with Crippen molar-refractivity contribution in [1.29, 1.82) is 0 Å². The van der Waals surface area contributed by atoms with Crippen LogP contribution in [-0.2, 0) is 32.0 Å². The van der Waals surface area contributed by atoms with E-state index in [1.165, 1.54) is 0 Å². The second-order valence-electron chi connectivity index (χ2n) is 11.4. The molecule has 0 radical (unpaired) electrons. The third-order valence-corrected chi connectivity index (χ3v) is 7.54. The molecule has 252 valence electrons. The molecule has 14 heteroatoms. The van der Waals surface area contributed by atoms with E-state index in [2.05, 4.69) is 20.9 Å². The highest BCUT2D eigenvalue weighted by atomic mass is 16.3. The number of nitrogens with zero attached hydrogens (tertiary/aromatic N) is 1. The van der Waals surface area contributed by atoms with Crippen LogP contribution in [0.3, 0.4) is 0 Å². The van der Waals surface area contributed by atoms with Crippen molar-refractivity contribution in [3.63, 3.8) is 0 Å². The summed E-state index contributed by atoms with van der Waals surface area (Å²) in [5.41, 5.74) is 31.2. The van der Waals surface area contributed by atoms with Gasteiger partial charge in [0.05, 0.1) is 6.04 Å². The molecule has 0 fully saturated rings. The maximum Gasteiger partial charge on any atom is 0.243 e. The highest BCUT2D eigenvalue weighted by Crippen LogP contribution is 2.22.